The fourth-order valence-corrected chi connectivity index (χ4v) is 2.12. The molecule has 0 saturated heterocycles. The van der Waals surface area contributed by atoms with E-state index >= 15 is 0 Å². The molecule has 2 rings (SSSR count). The topological polar surface area (TPSA) is 24.7 Å². The van der Waals surface area contributed by atoms with Gasteiger partial charge in [-0.25, -0.2) is 0 Å². The van der Waals surface area contributed by atoms with Crippen LogP contribution in [0.2, 0.25) is 0 Å². The molecule has 0 N–H and O–H groups in total. The quantitative estimate of drug-likeness (QED) is 0.287. The van der Waals surface area contributed by atoms with Crippen molar-refractivity contribution in [2.75, 3.05) is 0 Å². The third-order valence-electron chi connectivity index (χ3n) is 3.39. The Balaban J connectivity index is 0.00000288. The molecule has 0 amide bonds. The number of para-hydroxylation sites is 1. The Kier molecular flexibility index (Phi) is 9.84. The number of nitrogens with zero attached hydrogens (tertiary/aromatic N) is 2. The number of benzene rings is 2. The third-order valence-corrected chi connectivity index (χ3v) is 3.39. The molecule has 2 aromatic carbocycles. The van der Waals surface area contributed by atoms with Crippen LogP contribution in [0.3, 0.4) is 0 Å². The maximum atomic E-state index is 4.57. The van der Waals surface area contributed by atoms with Gasteiger partial charge in [0.1, 0.15) is 0 Å². The molecule has 0 fully saturated rings. The average molecular weight is 411 g/mol. The summed E-state index contributed by atoms with van der Waals surface area (Å²) >= 11 is 0. The van der Waals surface area contributed by atoms with Crippen molar-refractivity contribution in [3.05, 3.63) is 66.2 Å². The molecule has 0 aromatic heterocycles. The Bertz CT molecular complexity index is 671. The van der Waals surface area contributed by atoms with Gasteiger partial charge in [0.25, 0.3) is 0 Å². The summed E-state index contributed by atoms with van der Waals surface area (Å²) in [5.74, 6) is 0. The normalized spacial score (nSPS) is 11.8. The summed E-state index contributed by atoms with van der Waals surface area (Å²) in [7, 11) is 0. The second kappa shape index (κ2) is 11.7. The van der Waals surface area contributed by atoms with Crippen LogP contribution in [-0.4, -0.2) is 11.9 Å². The number of hydrogen-bond acceptors (Lipinski definition) is 2. The molecule has 128 valence electrons. The van der Waals surface area contributed by atoms with Crippen LogP contribution in [0.4, 0.5) is 11.4 Å². The molecule has 0 aliphatic carbocycles. The summed E-state index contributed by atoms with van der Waals surface area (Å²) in [6.07, 6.45) is 9.84. The van der Waals surface area contributed by atoms with Gasteiger partial charge in [-0.05, 0) is 43.2 Å². The van der Waals surface area contributed by atoms with Crippen molar-refractivity contribution in [3.63, 3.8) is 0 Å². The van der Waals surface area contributed by atoms with Gasteiger partial charge in [0.15, 0.2) is 0 Å². The molecule has 0 saturated carbocycles. The predicted molar refractivity (Wildman–Crippen MR) is 102 cm³/mol. The number of hydrogen-bond donors (Lipinski definition) is 0. The van der Waals surface area contributed by atoms with Crippen LogP contribution in [0.25, 0.3) is 6.08 Å². The fourth-order valence-electron chi connectivity index (χ4n) is 2.12. The van der Waals surface area contributed by atoms with Crippen LogP contribution in [0.5, 0.6) is 0 Å². The minimum absolute atomic E-state index is 0. The Morgan fingerprint density at radius 2 is 1.67 bits per heavy atom. The van der Waals surface area contributed by atoms with Crippen molar-refractivity contribution in [2.24, 2.45) is 9.98 Å². The number of aliphatic imine (C=N–C) groups is 2. The van der Waals surface area contributed by atoms with Crippen LogP contribution in [-0.2, 0) is 20.4 Å². The molecule has 0 unspecified atom stereocenters. The van der Waals surface area contributed by atoms with Gasteiger partial charge in [0.2, 0.25) is 0 Å². The van der Waals surface area contributed by atoms with Crippen molar-refractivity contribution in [2.45, 2.75) is 33.1 Å². The van der Waals surface area contributed by atoms with Crippen molar-refractivity contribution in [1.29, 1.82) is 0 Å². The molecule has 2 aromatic rings. The summed E-state index contributed by atoms with van der Waals surface area (Å²) < 4.78 is 0. The van der Waals surface area contributed by atoms with E-state index in [9.17, 15) is 0 Å². The van der Waals surface area contributed by atoms with E-state index in [4.69, 9.17) is 0 Å². The average Bonchev–Trinajstić information content (AvgIpc) is 2.59. The Morgan fingerprint density at radius 1 is 0.958 bits per heavy atom. The zero-order valence-corrected chi connectivity index (χ0v) is 15.8. The molecule has 2 nitrogen and oxygen atoms in total. The minimum atomic E-state index is 0. The van der Waals surface area contributed by atoms with E-state index in [1.54, 1.807) is 6.21 Å². The van der Waals surface area contributed by atoms with Gasteiger partial charge in [-0.1, -0.05) is 62.2 Å². The largest absolute Gasteiger partial charge is 0.255 e. The maximum Gasteiger partial charge on any atom is 0.0633 e. The fraction of sp³-hybridized carbons (Fsp3) is 0.238. The molecule has 3 heteroatoms. The molecule has 0 atom stereocenters. The summed E-state index contributed by atoms with van der Waals surface area (Å²) in [6, 6.07) is 18.2. The van der Waals surface area contributed by atoms with E-state index in [1.165, 1.54) is 18.4 Å². The molecule has 0 aliphatic rings. The standard InChI is InChI=1S/C21H24N2.Pd/c1-3-4-5-7-10-19-13-15-21(16-14-19)23-18(2)17-22-20-11-8-6-9-12-20;/h6-17H,3-5H2,1-2H3;/b10-7+,22-17?,23-18?;. The van der Waals surface area contributed by atoms with Gasteiger partial charge >= 0.3 is 0 Å². The van der Waals surface area contributed by atoms with Crippen LogP contribution >= 0.6 is 0 Å². The zero-order valence-electron chi connectivity index (χ0n) is 14.3. The Hall–Kier alpha value is -1.82. The second-order valence-electron chi connectivity index (χ2n) is 5.48. The van der Waals surface area contributed by atoms with Gasteiger partial charge in [0, 0.05) is 26.6 Å². The Morgan fingerprint density at radius 3 is 2.33 bits per heavy atom. The predicted octanol–water partition coefficient (Wildman–Crippen LogP) is 6.38. The smallest absolute Gasteiger partial charge is 0.0633 e. The second-order valence-corrected chi connectivity index (χ2v) is 5.48. The van der Waals surface area contributed by atoms with Crippen LogP contribution in [0, 0.1) is 0 Å². The van der Waals surface area contributed by atoms with E-state index in [0.717, 1.165) is 23.5 Å². The van der Waals surface area contributed by atoms with E-state index < -0.39 is 0 Å². The first kappa shape index (κ1) is 20.2. The minimum Gasteiger partial charge on any atom is -0.255 e. The van der Waals surface area contributed by atoms with Gasteiger partial charge in [0.05, 0.1) is 17.1 Å². The third kappa shape index (κ3) is 7.64. The first-order valence-electron chi connectivity index (χ1n) is 8.19. The van der Waals surface area contributed by atoms with Gasteiger partial charge < -0.3 is 0 Å². The van der Waals surface area contributed by atoms with Crippen molar-refractivity contribution < 1.29 is 20.4 Å². The van der Waals surface area contributed by atoms with E-state index in [2.05, 4.69) is 41.2 Å². The number of unbranched alkanes of at least 4 members (excludes halogenated alkanes) is 2. The maximum absolute atomic E-state index is 4.57. The van der Waals surface area contributed by atoms with E-state index in [1.807, 2.05) is 49.4 Å². The first-order valence-corrected chi connectivity index (χ1v) is 8.19. The monoisotopic (exact) mass is 410 g/mol. The molecule has 24 heavy (non-hydrogen) atoms. The SMILES string of the molecule is CCCC/C=C/c1ccc(N=C(C)C=Nc2ccccc2)cc1.[Pd]. The van der Waals surface area contributed by atoms with Gasteiger partial charge in [-0.2, -0.15) is 0 Å². The summed E-state index contributed by atoms with van der Waals surface area (Å²) in [6.45, 7) is 4.18. The molecular weight excluding hydrogens is 387 g/mol. The van der Waals surface area contributed by atoms with Crippen molar-refractivity contribution >= 4 is 29.4 Å². The van der Waals surface area contributed by atoms with E-state index in [-0.39, 0.29) is 20.4 Å². The summed E-state index contributed by atoms with van der Waals surface area (Å²) in [5, 5.41) is 0. The summed E-state index contributed by atoms with van der Waals surface area (Å²) in [5.41, 5.74) is 4.00. The van der Waals surface area contributed by atoms with Crippen LogP contribution in [0.1, 0.15) is 38.7 Å². The van der Waals surface area contributed by atoms with Crippen molar-refractivity contribution in [3.8, 4) is 0 Å². The molecule has 0 spiro atoms. The Labute approximate surface area is 159 Å². The zero-order chi connectivity index (χ0) is 16.3. The van der Waals surface area contributed by atoms with Crippen LogP contribution in [0.15, 0.2) is 70.7 Å². The molecule has 0 radical (unpaired) electrons. The summed E-state index contributed by atoms with van der Waals surface area (Å²) in [4.78, 5) is 8.98. The van der Waals surface area contributed by atoms with Crippen molar-refractivity contribution in [1.82, 2.24) is 0 Å². The van der Waals surface area contributed by atoms with Gasteiger partial charge in [-0.15, -0.1) is 0 Å². The molecule has 0 aliphatic heterocycles. The van der Waals surface area contributed by atoms with Crippen LogP contribution < -0.4 is 0 Å². The molecule has 0 heterocycles. The van der Waals surface area contributed by atoms with Gasteiger partial charge in [-0.3, -0.25) is 9.98 Å². The number of allylic oxidation sites excluding steroid dienone is 1. The first-order chi connectivity index (χ1) is 11.3. The number of rotatable bonds is 7. The molecule has 0 bridgehead atoms. The molecular formula is C21H24N2Pd. The van der Waals surface area contributed by atoms with E-state index in [0.29, 0.717) is 0 Å².